The quantitative estimate of drug-likeness (QED) is 0.311. The Labute approximate surface area is 222 Å². The molecule has 1 aromatic carbocycles. The van der Waals surface area contributed by atoms with Gasteiger partial charge in [0.05, 0.1) is 12.7 Å². The van der Waals surface area contributed by atoms with E-state index in [4.69, 9.17) is 16.3 Å². The predicted molar refractivity (Wildman–Crippen MR) is 136 cm³/mol. The summed E-state index contributed by atoms with van der Waals surface area (Å²) in [7, 11) is 0. The van der Waals surface area contributed by atoms with Crippen LogP contribution in [-0.2, 0) is 25.7 Å². The highest BCUT2D eigenvalue weighted by atomic mass is 35.5. The third kappa shape index (κ3) is 5.15. The molecule has 7 nitrogen and oxygen atoms in total. The first-order valence-electron chi connectivity index (χ1n) is 12.3. The number of halogens is 4. The van der Waals surface area contributed by atoms with Crippen molar-refractivity contribution in [2.45, 2.75) is 52.6 Å². The minimum absolute atomic E-state index is 0.0856. The highest BCUT2D eigenvalue weighted by molar-refractivity contribution is 6.29. The van der Waals surface area contributed by atoms with Crippen LogP contribution >= 0.6 is 11.6 Å². The number of pyridine rings is 1. The van der Waals surface area contributed by atoms with Gasteiger partial charge in [0.25, 0.3) is 0 Å². The third-order valence-electron chi connectivity index (χ3n) is 6.77. The Bertz CT molecular complexity index is 1460. The van der Waals surface area contributed by atoms with Crippen LogP contribution in [0.1, 0.15) is 46.9 Å². The van der Waals surface area contributed by atoms with Crippen LogP contribution in [-0.4, -0.2) is 36.0 Å². The zero-order chi connectivity index (χ0) is 27.2. The van der Waals surface area contributed by atoms with Gasteiger partial charge in [-0.1, -0.05) is 11.6 Å². The summed E-state index contributed by atoms with van der Waals surface area (Å²) < 4.78 is 51.3. The number of benzene rings is 1. The van der Waals surface area contributed by atoms with Crippen LogP contribution in [0, 0.1) is 19.8 Å². The molecule has 0 bridgehead atoms. The molecule has 1 aliphatic rings. The Morgan fingerprint density at radius 3 is 2.61 bits per heavy atom. The predicted octanol–water partition coefficient (Wildman–Crippen LogP) is 5.78. The Balaban J connectivity index is 1.61. The lowest BCUT2D eigenvalue weighted by Gasteiger charge is -2.32. The van der Waals surface area contributed by atoms with Crippen molar-refractivity contribution >= 4 is 11.6 Å². The molecule has 4 aromatic rings. The number of alkyl halides is 3. The van der Waals surface area contributed by atoms with Crippen LogP contribution in [0.4, 0.5) is 13.2 Å². The molecule has 1 N–H and O–H groups in total. The molecule has 5 rings (SSSR count). The number of rotatable bonds is 6. The van der Waals surface area contributed by atoms with E-state index in [1.165, 1.54) is 10.9 Å². The van der Waals surface area contributed by atoms with E-state index >= 15 is 0 Å². The van der Waals surface area contributed by atoms with E-state index in [0.29, 0.717) is 34.9 Å². The maximum atomic E-state index is 14.0. The van der Waals surface area contributed by atoms with Gasteiger partial charge in [0.15, 0.2) is 5.69 Å². The summed E-state index contributed by atoms with van der Waals surface area (Å²) in [5, 5.41) is 15.6. The van der Waals surface area contributed by atoms with Gasteiger partial charge in [0.2, 0.25) is 0 Å². The number of aliphatic hydroxyl groups is 1. The Morgan fingerprint density at radius 1 is 1.16 bits per heavy atom. The number of ether oxygens (including phenoxy) is 1. The van der Waals surface area contributed by atoms with Gasteiger partial charge in [0.1, 0.15) is 16.7 Å². The first-order chi connectivity index (χ1) is 18.0. The van der Waals surface area contributed by atoms with Crippen LogP contribution in [0.3, 0.4) is 0 Å². The maximum absolute atomic E-state index is 14.0. The zero-order valence-electron chi connectivity index (χ0n) is 21.1. The number of fused-ring (bicyclic) bond motifs is 1. The van der Waals surface area contributed by atoms with E-state index in [2.05, 4.69) is 15.1 Å². The SMILES string of the molecule is CCn1cc(-c2cc(Cn3ccnc3C)cc3c2OC[C@@H](Cc2cc(C)cc(Cl)n2)[C@H]3O)c(C(F)(F)F)n1. The van der Waals surface area contributed by atoms with E-state index in [-0.39, 0.29) is 35.9 Å². The summed E-state index contributed by atoms with van der Waals surface area (Å²) in [6.45, 7) is 6.23. The van der Waals surface area contributed by atoms with E-state index < -0.39 is 18.0 Å². The van der Waals surface area contributed by atoms with Crippen molar-refractivity contribution in [3.8, 4) is 16.9 Å². The lowest BCUT2D eigenvalue weighted by molar-refractivity contribution is -0.141. The van der Waals surface area contributed by atoms with Gasteiger partial charge in [-0.15, -0.1) is 0 Å². The number of nitrogens with zero attached hydrogens (tertiary/aromatic N) is 5. The minimum Gasteiger partial charge on any atom is -0.492 e. The summed E-state index contributed by atoms with van der Waals surface area (Å²) >= 11 is 6.13. The summed E-state index contributed by atoms with van der Waals surface area (Å²) in [5.41, 5.74) is 1.96. The first kappa shape index (κ1) is 26.2. The zero-order valence-corrected chi connectivity index (χ0v) is 21.9. The molecule has 0 unspecified atom stereocenters. The molecule has 0 aliphatic carbocycles. The van der Waals surface area contributed by atoms with E-state index in [1.54, 1.807) is 37.5 Å². The summed E-state index contributed by atoms with van der Waals surface area (Å²) in [5.74, 6) is 0.624. The number of hydrogen-bond donors (Lipinski definition) is 1. The van der Waals surface area contributed by atoms with Gasteiger partial charge >= 0.3 is 6.18 Å². The van der Waals surface area contributed by atoms with Crippen LogP contribution in [0.15, 0.2) is 42.9 Å². The molecular formula is C27H27ClF3N5O2. The monoisotopic (exact) mass is 545 g/mol. The van der Waals surface area contributed by atoms with Crippen molar-refractivity contribution in [3.05, 3.63) is 81.9 Å². The van der Waals surface area contributed by atoms with Crippen molar-refractivity contribution in [2.75, 3.05) is 6.61 Å². The molecule has 11 heteroatoms. The average molecular weight is 546 g/mol. The molecule has 200 valence electrons. The molecule has 0 amide bonds. The second-order valence-corrected chi connectivity index (χ2v) is 9.97. The average Bonchev–Trinajstić information content (AvgIpc) is 3.46. The molecule has 1 aliphatic heterocycles. The van der Waals surface area contributed by atoms with Gasteiger partial charge in [0, 0.05) is 60.0 Å². The van der Waals surface area contributed by atoms with Crippen LogP contribution in [0.2, 0.25) is 5.15 Å². The fourth-order valence-corrected chi connectivity index (χ4v) is 5.20. The number of imidazole rings is 1. The van der Waals surface area contributed by atoms with Gasteiger partial charge in [-0.3, -0.25) is 4.68 Å². The van der Waals surface area contributed by atoms with Crippen molar-refractivity contribution in [1.82, 2.24) is 24.3 Å². The lowest BCUT2D eigenvalue weighted by Crippen LogP contribution is -2.28. The minimum atomic E-state index is -4.66. The third-order valence-corrected chi connectivity index (χ3v) is 6.96. The molecule has 0 spiro atoms. The smallest absolute Gasteiger partial charge is 0.435 e. The molecule has 0 radical (unpaired) electrons. The van der Waals surface area contributed by atoms with E-state index in [1.807, 2.05) is 24.5 Å². The lowest BCUT2D eigenvalue weighted by atomic mass is 9.86. The summed E-state index contributed by atoms with van der Waals surface area (Å²) in [4.78, 5) is 8.60. The van der Waals surface area contributed by atoms with Gasteiger partial charge < -0.3 is 14.4 Å². The van der Waals surface area contributed by atoms with Gasteiger partial charge in [-0.25, -0.2) is 9.97 Å². The highest BCUT2D eigenvalue weighted by Gasteiger charge is 2.40. The molecule has 3 aromatic heterocycles. The van der Waals surface area contributed by atoms with Crippen LogP contribution < -0.4 is 4.74 Å². The first-order valence-corrected chi connectivity index (χ1v) is 12.6. The fourth-order valence-electron chi connectivity index (χ4n) is 4.92. The topological polar surface area (TPSA) is 78.0 Å². The maximum Gasteiger partial charge on any atom is 0.435 e. The molecule has 0 fully saturated rings. The van der Waals surface area contributed by atoms with Crippen LogP contribution in [0.5, 0.6) is 5.75 Å². The molecule has 4 heterocycles. The number of hydrogen-bond acceptors (Lipinski definition) is 5. The van der Waals surface area contributed by atoms with E-state index in [9.17, 15) is 18.3 Å². The highest BCUT2D eigenvalue weighted by Crippen LogP contribution is 2.46. The van der Waals surface area contributed by atoms with Gasteiger partial charge in [-0.2, -0.15) is 18.3 Å². The molecule has 0 saturated carbocycles. The largest absolute Gasteiger partial charge is 0.492 e. The summed E-state index contributed by atoms with van der Waals surface area (Å²) in [6.07, 6.45) is -0.415. The fraction of sp³-hybridized carbons (Fsp3) is 0.370. The summed E-state index contributed by atoms with van der Waals surface area (Å²) in [6, 6.07) is 7.12. The Hall–Kier alpha value is -3.37. The number of aryl methyl sites for hydroxylation is 3. The Kier molecular flexibility index (Phi) is 6.96. The normalized spacial score (nSPS) is 17.4. The molecule has 38 heavy (non-hydrogen) atoms. The van der Waals surface area contributed by atoms with Crippen molar-refractivity contribution < 1.29 is 23.0 Å². The standard InChI is InChI=1S/C27H27ClF3N5O2/c1-4-36-13-22(26(34-36)27(29,30)31)20-9-17(12-35-6-5-32-16(35)3)10-21-24(37)18(14-38-25(20)21)11-19-7-15(2)8-23(28)33-19/h5-10,13,18,24,37H,4,11-12,14H2,1-3H3/t18-,24-/m1/s1. The van der Waals surface area contributed by atoms with Crippen molar-refractivity contribution in [1.29, 1.82) is 0 Å². The molecule has 0 saturated heterocycles. The van der Waals surface area contributed by atoms with Crippen molar-refractivity contribution in [3.63, 3.8) is 0 Å². The van der Waals surface area contributed by atoms with Crippen LogP contribution in [0.25, 0.3) is 11.1 Å². The number of aromatic nitrogens is 5. The number of aliphatic hydroxyl groups excluding tert-OH is 1. The Morgan fingerprint density at radius 2 is 1.95 bits per heavy atom. The molecular weight excluding hydrogens is 519 g/mol. The second kappa shape index (κ2) is 10.1. The van der Waals surface area contributed by atoms with Gasteiger partial charge in [-0.05, 0) is 62.6 Å². The van der Waals surface area contributed by atoms with Crippen molar-refractivity contribution in [2.24, 2.45) is 5.92 Å². The molecule has 2 atom stereocenters. The second-order valence-electron chi connectivity index (χ2n) is 9.59. The van der Waals surface area contributed by atoms with E-state index in [0.717, 1.165) is 11.4 Å².